The standard InChI is InChI=1S/C15H18N2OS2/c1-4-12-8-16-15(20-12)10(3)17-14(18)13-7-11(19)6-5-9(13)2/h5-8,10,19H,4H2,1-3H3,(H,17,18). The van der Waals surface area contributed by atoms with Crippen LogP contribution >= 0.6 is 24.0 Å². The highest BCUT2D eigenvalue weighted by Crippen LogP contribution is 2.21. The summed E-state index contributed by atoms with van der Waals surface area (Å²) in [7, 11) is 0. The number of carbonyl (C=O) groups excluding carboxylic acids is 1. The molecule has 0 saturated heterocycles. The maximum atomic E-state index is 12.3. The fourth-order valence-electron chi connectivity index (χ4n) is 1.88. The molecule has 5 heteroatoms. The van der Waals surface area contributed by atoms with Crippen LogP contribution in [0.25, 0.3) is 0 Å². The van der Waals surface area contributed by atoms with Crippen molar-refractivity contribution >= 4 is 29.9 Å². The van der Waals surface area contributed by atoms with E-state index in [1.807, 2.05) is 32.2 Å². The Balaban J connectivity index is 2.12. The van der Waals surface area contributed by atoms with Gasteiger partial charge in [-0.3, -0.25) is 4.79 Å². The van der Waals surface area contributed by atoms with Gasteiger partial charge in [-0.25, -0.2) is 4.98 Å². The summed E-state index contributed by atoms with van der Waals surface area (Å²) in [6.07, 6.45) is 2.85. The molecule has 106 valence electrons. The maximum Gasteiger partial charge on any atom is 0.252 e. The van der Waals surface area contributed by atoms with Crippen molar-refractivity contribution in [3.63, 3.8) is 0 Å². The van der Waals surface area contributed by atoms with E-state index in [-0.39, 0.29) is 11.9 Å². The molecule has 0 aliphatic heterocycles. The Bertz CT molecular complexity index is 622. The quantitative estimate of drug-likeness (QED) is 0.844. The largest absolute Gasteiger partial charge is 0.343 e. The highest BCUT2D eigenvalue weighted by atomic mass is 32.1. The Morgan fingerprint density at radius 3 is 2.90 bits per heavy atom. The summed E-state index contributed by atoms with van der Waals surface area (Å²) in [4.78, 5) is 18.7. The molecule has 1 N–H and O–H groups in total. The number of nitrogens with one attached hydrogen (secondary N) is 1. The van der Waals surface area contributed by atoms with Gasteiger partial charge < -0.3 is 5.32 Å². The van der Waals surface area contributed by atoms with Crippen LogP contribution in [0.3, 0.4) is 0 Å². The fourth-order valence-corrected chi connectivity index (χ4v) is 2.94. The third-order valence-electron chi connectivity index (χ3n) is 3.10. The monoisotopic (exact) mass is 306 g/mol. The lowest BCUT2D eigenvalue weighted by atomic mass is 10.1. The number of aryl methyl sites for hydroxylation is 2. The average molecular weight is 306 g/mol. The van der Waals surface area contributed by atoms with Crippen LogP contribution in [0.15, 0.2) is 29.3 Å². The predicted octanol–water partition coefficient (Wildman–Crippen LogP) is 3.79. The number of benzene rings is 1. The minimum absolute atomic E-state index is 0.0841. The zero-order valence-electron chi connectivity index (χ0n) is 11.8. The topological polar surface area (TPSA) is 42.0 Å². The number of hydrogen-bond acceptors (Lipinski definition) is 4. The first kappa shape index (κ1) is 15.1. The predicted molar refractivity (Wildman–Crippen MR) is 85.8 cm³/mol. The second-order valence-electron chi connectivity index (χ2n) is 4.71. The van der Waals surface area contributed by atoms with Crippen molar-refractivity contribution in [3.05, 3.63) is 45.4 Å². The second kappa shape index (κ2) is 6.41. The lowest BCUT2D eigenvalue weighted by Gasteiger charge is -2.13. The maximum absolute atomic E-state index is 12.3. The van der Waals surface area contributed by atoms with E-state index in [2.05, 4.69) is 29.9 Å². The Morgan fingerprint density at radius 2 is 2.25 bits per heavy atom. The van der Waals surface area contributed by atoms with Crippen molar-refractivity contribution < 1.29 is 4.79 Å². The number of thiazole rings is 1. The molecule has 1 unspecified atom stereocenters. The number of carbonyl (C=O) groups is 1. The smallest absolute Gasteiger partial charge is 0.252 e. The molecular weight excluding hydrogens is 288 g/mol. The van der Waals surface area contributed by atoms with E-state index in [1.54, 1.807) is 17.4 Å². The summed E-state index contributed by atoms with van der Waals surface area (Å²) in [5.74, 6) is -0.0841. The number of rotatable bonds is 4. The van der Waals surface area contributed by atoms with Crippen LogP contribution in [-0.4, -0.2) is 10.9 Å². The molecule has 2 aromatic rings. The van der Waals surface area contributed by atoms with E-state index < -0.39 is 0 Å². The van der Waals surface area contributed by atoms with E-state index >= 15 is 0 Å². The molecule has 1 amide bonds. The van der Waals surface area contributed by atoms with Gasteiger partial charge in [0.1, 0.15) is 5.01 Å². The molecule has 0 aliphatic carbocycles. The lowest BCUT2D eigenvalue weighted by molar-refractivity contribution is 0.0939. The van der Waals surface area contributed by atoms with Crippen molar-refractivity contribution in [2.45, 2.75) is 38.1 Å². The number of amides is 1. The highest BCUT2D eigenvalue weighted by molar-refractivity contribution is 7.80. The van der Waals surface area contributed by atoms with Crippen LogP contribution < -0.4 is 5.32 Å². The van der Waals surface area contributed by atoms with E-state index in [1.165, 1.54) is 4.88 Å². The minimum Gasteiger partial charge on any atom is -0.343 e. The van der Waals surface area contributed by atoms with Crippen molar-refractivity contribution in [1.82, 2.24) is 10.3 Å². The van der Waals surface area contributed by atoms with Gasteiger partial charge >= 0.3 is 0 Å². The average Bonchev–Trinajstić information content (AvgIpc) is 2.90. The van der Waals surface area contributed by atoms with Gasteiger partial charge in [-0.05, 0) is 38.0 Å². The van der Waals surface area contributed by atoms with Gasteiger partial charge in [0.2, 0.25) is 0 Å². The number of thiol groups is 1. The van der Waals surface area contributed by atoms with E-state index in [0.717, 1.165) is 21.9 Å². The van der Waals surface area contributed by atoms with Crippen LogP contribution in [0.1, 0.15) is 45.7 Å². The van der Waals surface area contributed by atoms with Gasteiger partial charge in [-0.2, -0.15) is 0 Å². The SMILES string of the molecule is CCc1cnc(C(C)NC(=O)c2cc(S)ccc2C)s1. The third-order valence-corrected chi connectivity index (χ3v) is 4.71. The van der Waals surface area contributed by atoms with Gasteiger partial charge in [0.05, 0.1) is 6.04 Å². The van der Waals surface area contributed by atoms with Gasteiger partial charge in [0.25, 0.3) is 5.91 Å². The summed E-state index contributed by atoms with van der Waals surface area (Å²) >= 11 is 5.93. The second-order valence-corrected chi connectivity index (χ2v) is 6.38. The molecule has 0 aliphatic rings. The zero-order valence-corrected chi connectivity index (χ0v) is 13.5. The van der Waals surface area contributed by atoms with E-state index in [0.29, 0.717) is 5.56 Å². The zero-order chi connectivity index (χ0) is 14.7. The molecule has 20 heavy (non-hydrogen) atoms. The van der Waals surface area contributed by atoms with Crippen molar-refractivity contribution in [1.29, 1.82) is 0 Å². The lowest BCUT2D eigenvalue weighted by Crippen LogP contribution is -2.27. The van der Waals surface area contributed by atoms with Crippen LogP contribution in [0.4, 0.5) is 0 Å². The fraction of sp³-hybridized carbons (Fsp3) is 0.333. The van der Waals surface area contributed by atoms with E-state index in [9.17, 15) is 4.79 Å². The summed E-state index contributed by atoms with van der Waals surface area (Å²) in [6, 6.07) is 5.49. The molecule has 0 fully saturated rings. The van der Waals surface area contributed by atoms with Gasteiger partial charge in [0, 0.05) is 21.5 Å². The van der Waals surface area contributed by atoms with Crippen LogP contribution in [0.5, 0.6) is 0 Å². The molecular formula is C15H18N2OS2. The molecule has 1 heterocycles. The molecule has 1 aromatic carbocycles. The van der Waals surface area contributed by atoms with Crippen LogP contribution in [0.2, 0.25) is 0 Å². The van der Waals surface area contributed by atoms with Crippen molar-refractivity contribution in [3.8, 4) is 0 Å². The van der Waals surface area contributed by atoms with Gasteiger partial charge in [-0.1, -0.05) is 13.0 Å². The van der Waals surface area contributed by atoms with E-state index in [4.69, 9.17) is 0 Å². The van der Waals surface area contributed by atoms with Crippen molar-refractivity contribution in [2.24, 2.45) is 0 Å². The number of hydrogen-bond donors (Lipinski definition) is 2. The first-order chi connectivity index (χ1) is 9.51. The Labute approximate surface area is 128 Å². The summed E-state index contributed by atoms with van der Waals surface area (Å²) in [5.41, 5.74) is 1.61. The molecule has 1 aromatic heterocycles. The first-order valence-corrected chi connectivity index (χ1v) is 7.82. The van der Waals surface area contributed by atoms with Gasteiger partial charge in [-0.15, -0.1) is 24.0 Å². The Hall–Kier alpha value is -1.33. The molecule has 1 atom stereocenters. The Morgan fingerprint density at radius 1 is 1.50 bits per heavy atom. The molecule has 0 bridgehead atoms. The molecule has 2 rings (SSSR count). The molecule has 0 radical (unpaired) electrons. The van der Waals surface area contributed by atoms with Crippen LogP contribution in [0, 0.1) is 6.92 Å². The number of nitrogens with zero attached hydrogens (tertiary/aromatic N) is 1. The summed E-state index contributed by atoms with van der Waals surface area (Å²) in [6.45, 7) is 5.98. The minimum atomic E-state index is -0.0872. The van der Waals surface area contributed by atoms with Crippen LogP contribution in [-0.2, 0) is 6.42 Å². The highest BCUT2D eigenvalue weighted by Gasteiger charge is 2.16. The first-order valence-electron chi connectivity index (χ1n) is 6.56. The molecule has 0 spiro atoms. The molecule has 0 saturated carbocycles. The number of aromatic nitrogens is 1. The summed E-state index contributed by atoms with van der Waals surface area (Å²) in [5, 5.41) is 3.93. The summed E-state index contributed by atoms with van der Waals surface area (Å²) < 4.78 is 0. The normalized spacial score (nSPS) is 12.2. The molecule has 3 nitrogen and oxygen atoms in total. The van der Waals surface area contributed by atoms with Gasteiger partial charge in [0.15, 0.2) is 0 Å². The Kier molecular flexibility index (Phi) is 4.83. The third kappa shape index (κ3) is 3.41. The van der Waals surface area contributed by atoms with Crippen molar-refractivity contribution in [2.75, 3.05) is 0 Å².